The molecule has 172 valence electrons. The molecule has 1 aliphatic rings. The first-order valence-corrected chi connectivity index (χ1v) is 10.5. The van der Waals surface area contributed by atoms with Gasteiger partial charge in [-0.25, -0.2) is 4.79 Å². The van der Waals surface area contributed by atoms with E-state index in [0.29, 0.717) is 6.61 Å². The van der Waals surface area contributed by atoms with E-state index in [1.807, 2.05) is 38.1 Å². The zero-order chi connectivity index (χ0) is 23.1. The molecule has 4 atom stereocenters. The summed E-state index contributed by atoms with van der Waals surface area (Å²) in [7, 11) is 3.05. The zero-order valence-electron chi connectivity index (χ0n) is 19.1. The summed E-state index contributed by atoms with van der Waals surface area (Å²) in [6, 6.07) is 7.56. The molecule has 0 amide bonds. The first-order chi connectivity index (χ1) is 14.8. The molecule has 1 saturated heterocycles. The third-order valence-electron chi connectivity index (χ3n) is 6.12. The summed E-state index contributed by atoms with van der Waals surface area (Å²) in [5, 5.41) is 0. The molecular weight excluding hydrogens is 400 g/mol. The van der Waals surface area contributed by atoms with Crippen LogP contribution in [0, 0.1) is 11.3 Å². The monoisotopic (exact) mass is 434 g/mol. The normalized spacial score (nSPS) is 25.0. The Labute approximate surface area is 184 Å². The molecule has 7 heteroatoms. The summed E-state index contributed by atoms with van der Waals surface area (Å²) in [6.07, 6.45) is 1.97. The van der Waals surface area contributed by atoms with Crippen LogP contribution in [0.5, 0.6) is 5.75 Å². The van der Waals surface area contributed by atoms with Crippen molar-refractivity contribution in [3.05, 3.63) is 42.5 Å². The smallest absolute Gasteiger partial charge is 0.347 e. The molecule has 1 aromatic carbocycles. The van der Waals surface area contributed by atoms with Gasteiger partial charge in [0.25, 0.3) is 0 Å². The van der Waals surface area contributed by atoms with Crippen molar-refractivity contribution in [1.29, 1.82) is 0 Å². The number of Topliss-reactive ketones (excluding diaryl/α,β-unsaturated/α-hetero) is 1. The second-order valence-corrected chi connectivity index (χ2v) is 8.14. The third-order valence-corrected chi connectivity index (χ3v) is 6.12. The van der Waals surface area contributed by atoms with Gasteiger partial charge in [-0.2, -0.15) is 0 Å². The van der Waals surface area contributed by atoms with Gasteiger partial charge >= 0.3 is 5.97 Å². The lowest BCUT2D eigenvalue weighted by Gasteiger charge is -2.36. The summed E-state index contributed by atoms with van der Waals surface area (Å²) in [5.74, 6) is -0.253. The number of carbonyl (C=O) groups is 2. The molecule has 0 spiro atoms. The van der Waals surface area contributed by atoms with Crippen LogP contribution in [0.4, 0.5) is 0 Å². The van der Waals surface area contributed by atoms with Gasteiger partial charge < -0.3 is 23.7 Å². The lowest BCUT2D eigenvalue weighted by atomic mass is 9.71. The van der Waals surface area contributed by atoms with E-state index in [-0.39, 0.29) is 25.7 Å². The van der Waals surface area contributed by atoms with E-state index in [2.05, 4.69) is 6.58 Å². The standard InChI is InChI=1S/C24H34O7/c1-7-17(3)20(29-14-18-9-11-19(28-6)12-10-18)13-21(25)24(31-16-27-5)22(26)30-15-23(24,4)8-2/h8-12,17,20H,2,7,13-16H2,1,3-6H3/t17-,20+,23-,24+/m0/s1. The number of cyclic esters (lactones) is 1. The maximum atomic E-state index is 13.6. The molecular formula is C24H34O7. The van der Waals surface area contributed by atoms with Gasteiger partial charge in [0, 0.05) is 13.5 Å². The second-order valence-electron chi connectivity index (χ2n) is 8.14. The van der Waals surface area contributed by atoms with Crippen molar-refractivity contribution in [1.82, 2.24) is 0 Å². The van der Waals surface area contributed by atoms with E-state index in [4.69, 9.17) is 23.7 Å². The van der Waals surface area contributed by atoms with Crippen LogP contribution in [0.2, 0.25) is 0 Å². The molecule has 0 radical (unpaired) electrons. The lowest BCUT2D eigenvalue weighted by Crippen LogP contribution is -2.57. The van der Waals surface area contributed by atoms with E-state index in [1.165, 1.54) is 7.11 Å². The summed E-state index contributed by atoms with van der Waals surface area (Å²) in [6.45, 7) is 9.73. The van der Waals surface area contributed by atoms with Crippen LogP contribution >= 0.6 is 0 Å². The number of hydrogen-bond donors (Lipinski definition) is 0. The highest BCUT2D eigenvalue weighted by Crippen LogP contribution is 2.44. The highest BCUT2D eigenvalue weighted by molar-refractivity contribution is 6.10. The fourth-order valence-corrected chi connectivity index (χ4v) is 3.68. The minimum atomic E-state index is -1.81. The van der Waals surface area contributed by atoms with Gasteiger partial charge in [0.05, 0.1) is 25.2 Å². The van der Waals surface area contributed by atoms with Crippen LogP contribution in [0.1, 0.15) is 39.2 Å². The SMILES string of the molecule is C=C[C@@]1(C)COC(=O)[C@]1(OCOC)C(=O)C[C@@H](OCc1ccc(OC)cc1)[C@@H](C)CC. The van der Waals surface area contributed by atoms with Gasteiger partial charge in [-0.15, -0.1) is 6.58 Å². The Balaban J connectivity index is 2.23. The van der Waals surface area contributed by atoms with Crippen LogP contribution in [-0.2, 0) is 35.1 Å². The molecule has 0 aromatic heterocycles. The lowest BCUT2D eigenvalue weighted by molar-refractivity contribution is -0.189. The maximum Gasteiger partial charge on any atom is 0.347 e. The molecule has 1 aliphatic heterocycles. The first-order valence-electron chi connectivity index (χ1n) is 10.5. The average Bonchev–Trinajstić information content (AvgIpc) is 3.06. The molecule has 1 fully saturated rings. The Morgan fingerprint density at radius 3 is 2.52 bits per heavy atom. The van der Waals surface area contributed by atoms with Crippen molar-refractivity contribution in [2.45, 2.75) is 51.9 Å². The number of ether oxygens (including phenoxy) is 5. The minimum Gasteiger partial charge on any atom is -0.497 e. The average molecular weight is 435 g/mol. The van der Waals surface area contributed by atoms with E-state index >= 15 is 0 Å². The molecule has 1 aromatic rings. The number of esters is 1. The van der Waals surface area contributed by atoms with E-state index in [1.54, 1.807) is 20.1 Å². The molecule has 31 heavy (non-hydrogen) atoms. The van der Waals surface area contributed by atoms with Crippen LogP contribution in [0.25, 0.3) is 0 Å². The van der Waals surface area contributed by atoms with Gasteiger partial charge in [-0.1, -0.05) is 38.5 Å². The fraction of sp³-hybridized carbons (Fsp3) is 0.583. The van der Waals surface area contributed by atoms with E-state index < -0.39 is 28.9 Å². The molecule has 7 nitrogen and oxygen atoms in total. The zero-order valence-corrected chi connectivity index (χ0v) is 19.1. The summed E-state index contributed by atoms with van der Waals surface area (Å²) in [4.78, 5) is 26.3. The van der Waals surface area contributed by atoms with E-state index in [9.17, 15) is 9.59 Å². The molecule has 0 bridgehead atoms. The molecule has 0 saturated carbocycles. The summed E-state index contributed by atoms with van der Waals surface area (Å²) >= 11 is 0. The van der Waals surface area contributed by atoms with Crippen LogP contribution < -0.4 is 4.74 Å². The molecule has 0 N–H and O–H groups in total. The predicted octanol–water partition coefficient (Wildman–Crippen LogP) is 3.69. The molecule has 0 unspecified atom stereocenters. The van der Waals surface area contributed by atoms with Crippen LogP contribution in [-0.4, -0.2) is 51.1 Å². The Bertz CT molecular complexity index is 760. The van der Waals surface area contributed by atoms with Crippen molar-refractivity contribution in [3.8, 4) is 5.75 Å². The third kappa shape index (κ3) is 5.17. The van der Waals surface area contributed by atoms with Crippen molar-refractivity contribution >= 4 is 11.8 Å². The maximum absolute atomic E-state index is 13.6. The molecule has 2 rings (SSSR count). The Kier molecular flexibility index (Phi) is 8.79. The van der Waals surface area contributed by atoms with Crippen molar-refractivity contribution < 1.29 is 33.3 Å². The van der Waals surface area contributed by atoms with Gasteiger partial charge in [-0.05, 0) is 30.5 Å². The highest BCUT2D eigenvalue weighted by atomic mass is 16.7. The number of benzene rings is 1. The number of methoxy groups -OCH3 is 2. The number of hydrogen-bond acceptors (Lipinski definition) is 7. The Hall–Kier alpha value is -2.22. The fourth-order valence-electron chi connectivity index (χ4n) is 3.68. The van der Waals surface area contributed by atoms with Crippen LogP contribution in [0.15, 0.2) is 36.9 Å². The van der Waals surface area contributed by atoms with Gasteiger partial charge in [0.1, 0.15) is 19.1 Å². The number of rotatable bonds is 13. The topological polar surface area (TPSA) is 80.3 Å². The van der Waals surface area contributed by atoms with Gasteiger partial charge in [-0.3, -0.25) is 4.79 Å². The Morgan fingerprint density at radius 2 is 1.97 bits per heavy atom. The second kappa shape index (κ2) is 10.9. The van der Waals surface area contributed by atoms with Crippen molar-refractivity contribution in [2.75, 3.05) is 27.6 Å². The predicted molar refractivity (Wildman–Crippen MR) is 116 cm³/mol. The quantitative estimate of drug-likeness (QED) is 0.203. The minimum absolute atomic E-state index is 0.00735. The van der Waals surface area contributed by atoms with Gasteiger partial charge in [0.2, 0.25) is 5.60 Å². The molecule has 0 aliphatic carbocycles. The van der Waals surface area contributed by atoms with Gasteiger partial charge in [0.15, 0.2) is 5.78 Å². The number of carbonyl (C=O) groups excluding carboxylic acids is 2. The Morgan fingerprint density at radius 1 is 1.29 bits per heavy atom. The van der Waals surface area contributed by atoms with E-state index in [0.717, 1.165) is 17.7 Å². The summed E-state index contributed by atoms with van der Waals surface area (Å²) < 4.78 is 27.3. The molecule has 1 heterocycles. The van der Waals surface area contributed by atoms with Crippen molar-refractivity contribution in [2.24, 2.45) is 11.3 Å². The highest BCUT2D eigenvalue weighted by Gasteiger charge is 2.65. The largest absolute Gasteiger partial charge is 0.497 e. The number of ketones is 1. The first kappa shape index (κ1) is 25.0. The van der Waals surface area contributed by atoms with Crippen LogP contribution in [0.3, 0.4) is 0 Å². The summed E-state index contributed by atoms with van der Waals surface area (Å²) in [5.41, 5.74) is -1.85. The van der Waals surface area contributed by atoms with Crippen molar-refractivity contribution in [3.63, 3.8) is 0 Å².